The van der Waals surface area contributed by atoms with Crippen molar-refractivity contribution < 1.29 is 45.4 Å². The summed E-state index contributed by atoms with van der Waals surface area (Å²) in [6.07, 6.45) is -10.0. The second-order valence-corrected chi connectivity index (χ2v) is 8.00. The number of Topliss-reactive ketones (excluding diaryl/α,β-unsaturated/α-hetero) is 1. The molecule has 0 spiro atoms. The van der Waals surface area contributed by atoms with E-state index in [0.717, 1.165) is 12.1 Å². The molecule has 4 rings (SSSR count). The normalized spacial score (nSPS) is 16.1. The number of nitrogens with one attached hydrogen (secondary N) is 1. The Labute approximate surface area is 192 Å². The number of aromatic nitrogens is 2. The van der Waals surface area contributed by atoms with Gasteiger partial charge in [0.05, 0.1) is 28.3 Å². The van der Waals surface area contributed by atoms with E-state index < -0.39 is 52.5 Å². The Morgan fingerprint density at radius 1 is 1.00 bits per heavy atom. The highest BCUT2D eigenvalue weighted by Gasteiger charge is 2.45. The van der Waals surface area contributed by atoms with E-state index in [1.807, 2.05) is 0 Å². The van der Waals surface area contributed by atoms with Crippen LogP contribution in [0.3, 0.4) is 0 Å². The number of aromatic amines is 1. The van der Waals surface area contributed by atoms with E-state index in [-0.39, 0.29) is 47.3 Å². The number of carbonyl (C=O) groups excluding carboxylic acids is 1. The van der Waals surface area contributed by atoms with Gasteiger partial charge in [-0.2, -0.15) is 31.4 Å². The van der Waals surface area contributed by atoms with E-state index in [1.54, 1.807) is 0 Å². The van der Waals surface area contributed by atoms with Gasteiger partial charge in [0.2, 0.25) is 0 Å². The zero-order valence-corrected chi connectivity index (χ0v) is 17.5. The third-order valence-electron chi connectivity index (χ3n) is 5.86. The predicted octanol–water partition coefficient (Wildman–Crippen LogP) is 6.25. The Balaban J connectivity index is 1.89. The number of aromatic carboxylic acids is 1. The zero-order chi connectivity index (χ0) is 25.7. The number of fused-ring (bicyclic) bond motifs is 1. The second-order valence-electron chi connectivity index (χ2n) is 8.00. The van der Waals surface area contributed by atoms with Crippen LogP contribution >= 0.6 is 0 Å². The minimum atomic E-state index is -5.23. The van der Waals surface area contributed by atoms with Crippen LogP contribution < -0.4 is 0 Å². The van der Waals surface area contributed by atoms with E-state index in [4.69, 9.17) is 5.11 Å². The minimum absolute atomic E-state index is 0.00618. The molecule has 0 radical (unpaired) electrons. The summed E-state index contributed by atoms with van der Waals surface area (Å²) in [5, 5.41) is 15.6. The molecular formula is C23H15F7N2O3. The standard InChI is InChI=1S/C23H15F7N2O3/c24-15-9-10(21(34)35)7-8-11(15)19-17-12(3-1-6-16(17)31-32-19)20(33)18-13(22(25,26)27)4-2-5-14(18)23(28,29)30/h2,4-5,7-9,12H,1,3,6H2,(H,31,32)(H,34,35). The number of carboxylic acids is 1. The van der Waals surface area contributed by atoms with Gasteiger partial charge in [-0.3, -0.25) is 9.89 Å². The van der Waals surface area contributed by atoms with Crippen LogP contribution in [0.5, 0.6) is 0 Å². The molecule has 0 bridgehead atoms. The number of carboxylic acid groups (broad SMARTS) is 1. The fourth-order valence-corrected chi connectivity index (χ4v) is 4.35. The number of hydrogen-bond acceptors (Lipinski definition) is 3. The van der Waals surface area contributed by atoms with Crippen molar-refractivity contribution in [1.29, 1.82) is 0 Å². The summed E-state index contributed by atoms with van der Waals surface area (Å²) in [7, 11) is 0. The molecule has 1 aromatic heterocycles. The fraction of sp³-hybridized carbons (Fsp3) is 0.261. The number of hydrogen-bond donors (Lipinski definition) is 2. The van der Waals surface area contributed by atoms with Gasteiger partial charge in [0.1, 0.15) is 5.82 Å². The van der Waals surface area contributed by atoms with Crippen molar-refractivity contribution in [2.24, 2.45) is 0 Å². The SMILES string of the molecule is O=C(O)c1ccc(-c2n[nH]c3c2C(C(=O)c2c(C(F)(F)F)cccc2C(F)(F)F)CCC3)c(F)c1. The first-order chi connectivity index (χ1) is 16.3. The van der Waals surface area contributed by atoms with E-state index >= 15 is 0 Å². The number of benzene rings is 2. The van der Waals surface area contributed by atoms with Crippen LogP contribution in [0.1, 0.15) is 61.9 Å². The molecule has 0 amide bonds. The number of nitrogens with zero attached hydrogens (tertiary/aromatic N) is 1. The highest BCUT2D eigenvalue weighted by Crippen LogP contribution is 2.45. The number of H-pyrrole nitrogens is 1. The molecule has 2 N–H and O–H groups in total. The molecule has 184 valence electrons. The summed E-state index contributed by atoms with van der Waals surface area (Å²) >= 11 is 0. The van der Waals surface area contributed by atoms with Gasteiger partial charge in [0, 0.05) is 22.4 Å². The van der Waals surface area contributed by atoms with E-state index in [2.05, 4.69) is 10.2 Å². The zero-order valence-electron chi connectivity index (χ0n) is 17.5. The van der Waals surface area contributed by atoms with Gasteiger partial charge >= 0.3 is 18.3 Å². The van der Waals surface area contributed by atoms with Crippen LogP contribution in [0.2, 0.25) is 0 Å². The highest BCUT2D eigenvalue weighted by atomic mass is 19.4. The molecule has 2 aromatic carbocycles. The molecule has 1 atom stereocenters. The monoisotopic (exact) mass is 500 g/mol. The average Bonchev–Trinajstić information content (AvgIpc) is 3.21. The lowest BCUT2D eigenvalue weighted by molar-refractivity contribution is -0.143. The lowest BCUT2D eigenvalue weighted by Gasteiger charge is -2.25. The first kappa shape index (κ1) is 24.4. The number of ketones is 1. The predicted molar refractivity (Wildman–Crippen MR) is 107 cm³/mol. The number of halogens is 7. The topological polar surface area (TPSA) is 83.0 Å². The van der Waals surface area contributed by atoms with Gasteiger partial charge in [0.15, 0.2) is 5.78 Å². The maximum atomic E-state index is 14.7. The molecule has 0 saturated heterocycles. The molecule has 0 aliphatic heterocycles. The summed E-state index contributed by atoms with van der Waals surface area (Å²) in [6, 6.07) is 4.26. The summed E-state index contributed by atoms with van der Waals surface area (Å²) in [5.74, 6) is -5.30. The Morgan fingerprint density at radius 2 is 1.63 bits per heavy atom. The van der Waals surface area contributed by atoms with Crippen LogP contribution in [0.4, 0.5) is 30.7 Å². The molecule has 5 nitrogen and oxygen atoms in total. The van der Waals surface area contributed by atoms with Crippen molar-refractivity contribution in [3.05, 3.63) is 75.7 Å². The second kappa shape index (κ2) is 8.51. The van der Waals surface area contributed by atoms with Gasteiger partial charge in [-0.25, -0.2) is 9.18 Å². The van der Waals surface area contributed by atoms with Crippen molar-refractivity contribution in [2.45, 2.75) is 37.5 Å². The Kier molecular flexibility index (Phi) is 5.94. The molecule has 35 heavy (non-hydrogen) atoms. The van der Waals surface area contributed by atoms with Gasteiger partial charge in [0.25, 0.3) is 0 Å². The lowest BCUT2D eigenvalue weighted by Crippen LogP contribution is -2.26. The first-order valence-electron chi connectivity index (χ1n) is 10.2. The summed E-state index contributed by atoms with van der Waals surface area (Å²) < 4.78 is 96.6. The van der Waals surface area contributed by atoms with Crippen LogP contribution in [-0.2, 0) is 18.8 Å². The van der Waals surface area contributed by atoms with Crippen molar-refractivity contribution >= 4 is 11.8 Å². The number of rotatable bonds is 4. The molecule has 3 aromatic rings. The number of alkyl halides is 6. The molecule has 1 aliphatic rings. The Bertz CT molecular complexity index is 1290. The summed E-state index contributed by atoms with van der Waals surface area (Å²) in [4.78, 5) is 24.5. The fourth-order valence-electron chi connectivity index (χ4n) is 4.35. The third-order valence-corrected chi connectivity index (χ3v) is 5.86. The van der Waals surface area contributed by atoms with E-state index in [0.29, 0.717) is 24.3 Å². The summed E-state index contributed by atoms with van der Waals surface area (Å²) in [6.45, 7) is 0. The maximum Gasteiger partial charge on any atom is 0.417 e. The molecular weight excluding hydrogens is 485 g/mol. The number of carbonyl (C=O) groups is 2. The lowest BCUT2D eigenvalue weighted by atomic mass is 9.77. The van der Waals surface area contributed by atoms with Crippen molar-refractivity contribution in [3.8, 4) is 11.3 Å². The molecule has 0 fully saturated rings. The Hall–Kier alpha value is -3.70. The van der Waals surface area contributed by atoms with Gasteiger partial charge < -0.3 is 5.11 Å². The van der Waals surface area contributed by atoms with E-state index in [9.17, 15) is 40.3 Å². The minimum Gasteiger partial charge on any atom is -0.478 e. The molecule has 1 heterocycles. The average molecular weight is 500 g/mol. The smallest absolute Gasteiger partial charge is 0.417 e. The molecule has 1 unspecified atom stereocenters. The van der Waals surface area contributed by atoms with Crippen LogP contribution in [0, 0.1) is 5.82 Å². The quantitative estimate of drug-likeness (QED) is 0.328. The molecule has 0 saturated carbocycles. The first-order valence-corrected chi connectivity index (χ1v) is 10.2. The van der Waals surface area contributed by atoms with Crippen LogP contribution in [0.25, 0.3) is 11.3 Å². The van der Waals surface area contributed by atoms with Crippen LogP contribution in [-0.4, -0.2) is 27.1 Å². The molecule has 1 aliphatic carbocycles. The molecule has 12 heteroatoms. The summed E-state index contributed by atoms with van der Waals surface area (Å²) in [5.41, 5.74) is -5.45. The van der Waals surface area contributed by atoms with Gasteiger partial charge in [-0.05, 0) is 49.6 Å². The van der Waals surface area contributed by atoms with E-state index in [1.165, 1.54) is 0 Å². The largest absolute Gasteiger partial charge is 0.478 e. The highest BCUT2D eigenvalue weighted by molar-refractivity contribution is 6.05. The van der Waals surface area contributed by atoms with Gasteiger partial charge in [-0.1, -0.05) is 6.07 Å². The van der Waals surface area contributed by atoms with Gasteiger partial charge in [-0.15, -0.1) is 0 Å². The van der Waals surface area contributed by atoms with Crippen molar-refractivity contribution in [1.82, 2.24) is 10.2 Å². The van der Waals surface area contributed by atoms with Crippen molar-refractivity contribution in [2.75, 3.05) is 0 Å². The van der Waals surface area contributed by atoms with Crippen molar-refractivity contribution in [3.63, 3.8) is 0 Å². The third kappa shape index (κ3) is 4.40. The van der Waals surface area contributed by atoms with Crippen LogP contribution in [0.15, 0.2) is 36.4 Å². The number of aryl methyl sites for hydroxylation is 1. The maximum absolute atomic E-state index is 14.7. The Morgan fingerprint density at radius 3 is 2.17 bits per heavy atom.